The number of rotatable bonds is 5. The van der Waals surface area contributed by atoms with E-state index in [0.717, 1.165) is 12.8 Å². The molecule has 4 nitrogen and oxygen atoms in total. The van der Waals surface area contributed by atoms with Crippen molar-refractivity contribution < 1.29 is 14.7 Å². The highest BCUT2D eigenvalue weighted by Gasteiger charge is 2.18. The number of carbonyl (C=O) groups is 2. The topological polar surface area (TPSA) is 57.6 Å². The van der Waals surface area contributed by atoms with E-state index >= 15 is 0 Å². The van der Waals surface area contributed by atoms with Crippen LogP contribution in [0.3, 0.4) is 0 Å². The molecular formula is C13H23NO3. The standard InChI is InChI=1S/C13H23NO3/c1-14(9-8-13(16)17)12(15)10-11-6-4-2-3-5-7-11/h11H,2-10H2,1H3,(H,16,17). The molecule has 4 heteroatoms. The lowest BCUT2D eigenvalue weighted by Crippen LogP contribution is -2.30. The van der Waals surface area contributed by atoms with E-state index in [1.807, 2.05) is 0 Å². The van der Waals surface area contributed by atoms with Gasteiger partial charge in [-0.1, -0.05) is 25.7 Å². The van der Waals surface area contributed by atoms with Gasteiger partial charge in [0.1, 0.15) is 0 Å². The fourth-order valence-electron chi connectivity index (χ4n) is 2.36. The van der Waals surface area contributed by atoms with Gasteiger partial charge in [-0.2, -0.15) is 0 Å². The van der Waals surface area contributed by atoms with Gasteiger partial charge in [0, 0.05) is 20.0 Å². The second kappa shape index (κ2) is 7.30. The zero-order valence-electron chi connectivity index (χ0n) is 10.7. The molecule has 0 aromatic carbocycles. The molecule has 1 aliphatic rings. The molecule has 0 spiro atoms. The Bertz CT molecular complexity index is 257. The normalized spacial score (nSPS) is 17.5. The number of amides is 1. The van der Waals surface area contributed by atoms with Crippen molar-refractivity contribution in [1.29, 1.82) is 0 Å². The molecule has 0 saturated heterocycles. The van der Waals surface area contributed by atoms with Crippen molar-refractivity contribution in [2.45, 2.75) is 51.4 Å². The molecule has 1 aliphatic carbocycles. The predicted octanol–water partition coefficient (Wildman–Crippen LogP) is 2.28. The minimum Gasteiger partial charge on any atom is -0.481 e. The summed E-state index contributed by atoms with van der Waals surface area (Å²) in [6.45, 7) is 0.320. The van der Waals surface area contributed by atoms with E-state index in [1.54, 1.807) is 11.9 Å². The van der Waals surface area contributed by atoms with Gasteiger partial charge in [-0.3, -0.25) is 9.59 Å². The van der Waals surface area contributed by atoms with Crippen molar-refractivity contribution in [3.8, 4) is 0 Å². The van der Waals surface area contributed by atoms with Crippen LogP contribution in [0.4, 0.5) is 0 Å². The first-order valence-corrected chi connectivity index (χ1v) is 6.55. The van der Waals surface area contributed by atoms with E-state index in [1.165, 1.54) is 25.7 Å². The third-order valence-electron chi connectivity index (χ3n) is 3.52. The van der Waals surface area contributed by atoms with Crippen LogP contribution in [-0.4, -0.2) is 35.5 Å². The maximum absolute atomic E-state index is 11.9. The van der Waals surface area contributed by atoms with Crippen molar-refractivity contribution in [1.82, 2.24) is 4.90 Å². The van der Waals surface area contributed by atoms with Crippen molar-refractivity contribution in [3.63, 3.8) is 0 Å². The van der Waals surface area contributed by atoms with Gasteiger partial charge in [-0.05, 0) is 18.8 Å². The zero-order chi connectivity index (χ0) is 12.7. The van der Waals surface area contributed by atoms with E-state index in [-0.39, 0.29) is 12.3 Å². The first kappa shape index (κ1) is 14.0. The van der Waals surface area contributed by atoms with Crippen LogP contribution >= 0.6 is 0 Å². The van der Waals surface area contributed by atoms with E-state index in [4.69, 9.17) is 5.11 Å². The van der Waals surface area contributed by atoms with Crippen LogP contribution in [0.2, 0.25) is 0 Å². The molecule has 17 heavy (non-hydrogen) atoms. The smallest absolute Gasteiger partial charge is 0.305 e. The van der Waals surface area contributed by atoms with Crippen LogP contribution in [0.1, 0.15) is 51.4 Å². The second-order valence-electron chi connectivity index (χ2n) is 5.02. The van der Waals surface area contributed by atoms with Crippen molar-refractivity contribution in [3.05, 3.63) is 0 Å². The molecule has 0 heterocycles. The molecule has 0 unspecified atom stereocenters. The van der Waals surface area contributed by atoms with Gasteiger partial charge in [0.25, 0.3) is 0 Å². The zero-order valence-corrected chi connectivity index (χ0v) is 10.7. The fraction of sp³-hybridized carbons (Fsp3) is 0.846. The lowest BCUT2D eigenvalue weighted by molar-refractivity contribution is -0.138. The van der Waals surface area contributed by atoms with Gasteiger partial charge in [0.2, 0.25) is 5.91 Å². The van der Waals surface area contributed by atoms with E-state index in [2.05, 4.69) is 0 Å². The summed E-state index contributed by atoms with van der Waals surface area (Å²) in [4.78, 5) is 23.8. The number of aliphatic carboxylic acids is 1. The Kier molecular flexibility index (Phi) is 6.01. The summed E-state index contributed by atoms with van der Waals surface area (Å²) in [5.41, 5.74) is 0. The number of carboxylic acids is 1. The molecular weight excluding hydrogens is 218 g/mol. The third kappa shape index (κ3) is 5.71. The average Bonchev–Trinajstić information content (AvgIpc) is 2.54. The Morgan fingerprint density at radius 2 is 1.76 bits per heavy atom. The minimum absolute atomic E-state index is 0.0346. The molecule has 0 radical (unpaired) electrons. The quantitative estimate of drug-likeness (QED) is 0.751. The van der Waals surface area contributed by atoms with Gasteiger partial charge < -0.3 is 10.0 Å². The Morgan fingerprint density at radius 1 is 1.18 bits per heavy atom. The monoisotopic (exact) mass is 241 g/mol. The van der Waals surface area contributed by atoms with Crippen LogP contribution in [0.15, 0.2) is 0 Å². The number of hydrogen-bond acceptors (Lipinski definition) is 2. The van der Waals surface area contributed by atoms with Crippen molar-refractivity contribution in [2.75, 3.05) is 13.6 Å². The van der Waals surface area contributed by atoms with Crippen LogP contribution in [0.5, 0.6) is 0 Å². The first-order valence-electron chi connectivity index (χ1n) is 6.55. The summed E-state index contributed by atoms with van der Waals surface area (Å²) in [5.74, 6) is -0.241. The molecule has 0 aliphatic heterocycles. The average molecular weight is 241 g/mol. The van der Waals surface area contributed by atoms with Crippen LogP contribution < -0.4 is 0 Å². The van der Waals surface area contributed by atoms with Crippen molar-refractivity contribution >= 4 is 11.9 Å². The van der Waals surface area contributed by atoms with Gasteiger partial charge >= 0.3 is 5.97 Å². The summed E-state index contributed by atoms with van der Waals surface area (Å²) in [6, 6.07) is 0. The summed E-state index contributed by atoms with van der Waals surface area (Å²) in [7, 11) is 1.70. The molecule has 0 bridgehead atoms. The second-order valence-corrected chi connectivity index (χ2v) is 5.02. The lowest BCUT2D eigenvalue weighted by Gasteiger charge is -2.20. The Hall–Kier alpha value is -1.06. The number of carboxylic acid groups (broad SMARTS) is 1. The van der Waals surface area contributed by atoms with E-state index in [9.17, 15) is 9.59 Å². The molecule has 1 rings (SSSR count). The molecule has 98 valence electrons. The number of hydrogen-bond donors (Lipinski definition) is 1. The van der Waals surface area contributed by atoms with Crippen LogP contribution in [0, 0.1) is 5.92 Å². The van der Waals surface area contributed by atoms with Gasteiger partial charge in [-0.15, -0.1) is 0 Å². The minimum atomic E-state index is -0.848. The van der Waals surface area contributed by atoms with Gasteiger partial charge in [-0.25, -0.2) is 0 Å². The number of carbonyl (C=O) groups excluding carboxylic acids is 1. The summed E-state index contributed by atoms with van der Waals surface area (Å²) < 4.78 is 0. The first-order chi connectivity index (χ1) is 8.09. The summed E-state index contributed by atoms with van der Waals surface area (Å²) in [5, 5.41) is 8.56. The Labute approximate surface area is 103 Å². The van der Waals surface area contributed by atoms with Crippen LogP contribution in [0.25, 0.3) is 0 Å². The van der Waals surface area contributed by atoms with Gasteiger partial charge in [0.05, 0.1) is 6.42 Å². The molecule has 0 aromatic rings. The maximum atomic E-state index is 11.9. The maximum Gasteiger partial charge on any atom is 0.305 e. The lowest BCUT2D eigenvalue weighted by atomic mass is 9.96. The van der Waals surface area contributed by atoms with E-state index < -0.39 is 5.97 Å². The molecule has 0 aromatic heterocycles. The third-order valence-corrected chi connectivity index (χ3v) is 3.52. The van der Waals surface area contributed by atoms with Crippen molar-refractivity contribution in [2.24, 2.45) is 5.92 Å². The SMILES string of the molecule is CN(CCC(=O)O)C(=O)CC1CCCCCC1. The molecule has 1 saturated carbocycles. The molecule has 1 amide bonds. The van der Waals surface area contributed by atoms with Crippen LogP contribution in [-0.2, 0) is 9.59 Å². The summed E-state index contributed by atoms with van der Waals surface area (Å²) in [6.07, 6.45) is 7.98. The fourth-order valence-corrected chi connectivity index (χ4v) is 2.36. The Balaban J connectivity index is 2.28. The summed E-state index contributed by atoms with van der Waals surface area (Å²) >= 11 is 0. The largest absolute Gasteiger partial charge is 0.481 e. The Morgan fingerprint density at radius 3 is 2.29 bits per heavy atom. The number of nitrogens with zero attached hydrogens (tertiary/aromatic N) is 1. The molecule has 1 fully saturated rings. The highest BCUT2D eigenvalue weighted by atomic mass is 16.4. The highest BCUT2D eigenvalue weighted by Crippen LogP contribution is 2.25. The molecule has 0 atom stereocenters. The molecule has 1 N–H and O–H groups in total. The van der Waals surface area contributed by atoms with E-state index in [0.29, 0.717) is 18.9 Å². The van der Waals surface area contributed by atoms with Gasteiger partial charge in [0.15, 0.2) is 0 Å². The highest BCUT2D eigenvalue weighted by molar-refractivity contribution is 5.77. The predicted molar refractivity (Wildman–Crippen MR) is 65.7 cm³/mol.